The van der Waals surface area contributed by atoms with Crippen molar-refractivity contribution in [3.8, 4) is 11.1 Å². The molecule has 1 aliphatic rings. The molecule has 0 unspecified atom stereocenters. The van der Waals surface area contributed by atoms with E-state index in [1.54, 1.807) is 12.1 Å². The van der Waals surface area contributed by atoms with Gasteiger partial charge in [0.1, 0.15) is 0 Å². The van der Waals surface area contributed by atoms with Crippen LogP contribution >= 0.6 is 0 Å². The number of ketones is 1. The second kappa shape index (κ2) is 4.30. The molecule has 0 radical (unpaired) electrons. The standard InChI is InChI=1S/C17H14O3/c1-9(2)10-7-8-12-11-5-3-4-6-13(11)16(18)14(12)15(10)17(19)20/h3-9H,1-2H3,(H,19,20). The van der Waals surface area contributed by atoms with E-state index in [-0.39, 0.29) is 17.3 Å². The number of aromatic carboxylic acids is 1. The van der Waals surface area contributed by atoms with Crippen LogP contribution in [0.2, 0.25) is 0 Å². The lowest BCUT2D eigenvalue weighted by Gasteiger charge is -2.13. The van der Waals surface area contributed by atoms with Gasteiger partial charge in [0, 0.05) is 11.1 Å². The van der Waals surface area contributed by atoms with Crippen molar-refractivity contribution in [1.82, 2.24) is 0 Å². The topological polar surface area (TPSA) is 54.4 Å². The van der Waals surface area contributed by atoms with Crippen LogP contribution in [-0.2, 0) is 0 Å². The molecule has 0 saturated heterocycles. The first-order valence-electron chi connectivity index (χ1n) is 6.56. The molecule has 0 fully saturated rings. The van der Waals surface area contributed by atoms with Gasteiger partial charge in [0.2, 0.25) is 0 Å². The Labute approximate surface area is 116 Å². The quantitative estimate of drug-likeness (QED) is 0.769. The predicted octanol–water partition coefficient (Wildman–Crippen LogP) is 3.72. The smallest absolute Gasteiger partial charge is 0.336 e. The van der Waals surface area contributed by atoms with Crippen molar-refractivity contribution >= 4 is 11.8 Å². The Morgan fingerprint density at radius 2 is 1.65 bits per heavy atom. The van der Waals surface area contributed by atoms with Crippen LogP contribution in [-0.4, -0.2) is 16.9 Å². The first kappa shape index (κ1) is 12.6. The average Bonchev–Trinajstić information content (AvgIpc) is 2.72. The summed E-state index contributed by atoms with van der Waals surface area (Å²) in [5.41, 5.74) is 3.34. The second-order valence-electron chi connectivity index (χ2n) is 5.29. The zero-order valence-corrected chi connectivity index (χ0v) is 11.3. The monoisotopic (exact) mass is 266 g/mol. The molecule has 1 N–H and O–H groups in total. The van der Waals surface area contributed by atoms with Gasteiger partial charge < -0.3 is 5.11 Å². The Hall–Kier alpha value is -2.42. The maximum atomic E-state index is 12.5. The van der Waals surface area contributed by atoms with Gasteiger partial charge in [0.05, 0.1) is 5.56 Å². The average molecular weight is 266 g/mol. The number of hydrogen-bond acceptors (Lipinski definition) is 2. The molecule has 2 aromatic carbocycles. The first-order valence-corrected chi connectivity index (χ1v) is 6.56. The summed E-state index contributed by atoms with van der Waals surface area (Å²) >= 11 is 0. The molecule has 20 heavy (non-hydrogen) atoms. The highest BCUT2D eigenvalue weighted by atomic mass is 16.4. The number of carboxylic acids is 1. The van der Waals surface area contributed by atoms with E-state index in [0.717, 1.165) is 11.1 Å². The van der Waals surface area contributed by atoms with E-state index in [2.05, 4.69) is 0 Å². The molecule has 0 atom stereocenters. The summed E-state index contributed by atoms with van der Waals surface area (Å²) in [6.45, 7) is 3.86. The summed E-state index contributed by atoms with van der Waals surface area (Å²) in [5, 5.41) is 9.52. The highest BCUT2D eigenvalue weighted by molar-refractivity contribution is 6.25. The molecule has 0 aliphatic heterocycles. The fourth-order valence-corrected chi connectivity index (χ4v) is 2.84. The molecule has 0 spiro atoms. The van der Waals surface area contributed by atoms with Gasteiger partial charge in [-0.15, -0.1) is 0 Å². The summed E-state index contributed by atoms with van der Waals surface area (Å²) in [6.07, 6.45) is 0. The van der Waals surface area contributed by atoms with Crippen LogP contribution in [0.5, 0.6) is 0 Å². The third kappa shape index (κ3) is 1.59. The summed E-state index contributed by atoms with van der Waals surface area (Å²) in [5.74, 6) is -1.16. The van der Waals surface area contributed by atoms with Gasteiger partial charge in [-0.25, -0.2) is 4.79 Å². The van der Waals surface area contributed by atoms with E-state index < -0.39 is 5.97 Å². The number of carboxylic acid groups (broad SMARTS) is 1. The van der Waals surface area contributed by atoms with Crippen LogP contribution in [0.25, 0.3) is 11.1 Å². The molecule has 100 valence electrons. The number of fused-ring (bicyclic) bond motifs is 3. The SMILES string of the molecule is CC(C)c1ccc2c(c1C(=O)O)C(=O)c1ccccc1-2. The normalized spacial score (nSPS) is 12.4. The molecule has 3 heteroatoms. The summed E-state index contributed by atoms with van der Waals surface area (Å²) in [6, 6.07) is 11.0. The molecule has 0 bridgehead atoms. The molecule has 0 heterocycles. The van der Waals surface area contributed by atoms with Crippen LogP contribution in [0, 0.1) is 0 Å². The highest BCUT2D eigenvalue weighted by Crippen LogP contribution is 2.40. The second-order valence-corrected chi connectivity index (χ2v) is 5.29. The lowest BCUT2D eigenvalue weighted by atomic mass is 9.90. The van der Waals surface area contributed by atoms with Crippen LogP contribution < -0.4 is 0 Å². The van der Waals surface area contributed by atoms with E-state index in [0.29, 0.717) is 16.7 Å². The van der Waals surface area contributed by atoms with Crippen molar-refractivity contribution < 1.29 is 14.7 Å². The van der Waals surface area contributed by atoms with Crippen molar-refractivity contribution in [2.24, 2.45) is 0 Å². The molecule has 3 nitrogen and oxygen atoms in total. The number of rotatable bonds is 2. The molecular weight excluding hydrogens is 252 g/mol. The summed E-state index contributed by atoms with van der Waals surface area (Å²) in [4.78, 5) is 24.2. The molecule has 0 amide bonds. The Bertz CT molecular complexity index is 742. The van der Waals surface area contributed by atoms with Crippen molar-refractivity contribution in [2.45, 2.75) is 19.8 Å². The maximum absolute atomic E-state index is 12.5. The number of benzene rings is 2. The third-order valence-corrected chi connectivity index (χ3v) is 3.76. The van der Waals surface area contributed by atoms with Crippen LogP contribution in [0.4, 0.5) is 0 Å². The fourth-order valence-electron chi connectivity index (χ4n) is 2.84. The van der Waals surface area contributed by atoms with E-state index in [1.807, 2.05) is 38.1 Å². The fraction of sp³-hybridized carbons (Fsp3) is 0.176. The Balaban J connectivity index is 2.38. The number of carbonyl (C=O) groups is 2. The minimum absolute atomic E-state index is 0.0583. The maximum Gasteiger partial charge on any atom is 0.336 e. The summed E-state index contributed by atoms with van der Waals surface area (Å²) in [7, 11) is 0. The minimum atomic E-state index is -1.04. The van der Waals surface area contributed by atoms with Crippen molar-refractivity contribution in [3.05, 3.63) is 58.7 Å². The van der Waals surface area contributed by atoms with Crippen molar-refractivity contribution in [3.63, 3.8) is 0 Å². The molecular formula is C17H14O3. The molecule has 1 aliphatic carbocycles. The van der Waals surface area contributed by atoms with E-state index in [1.165, 1.54) is 0 Å². The largest absolute Gasteiger partial charge is 0.478 e. The highest BCUT2D eigenvalue weighted by Gasteiger charge is 2.32. The van der Waals surface area contributed by atoms with E-state index in [4.69, 9.17) is 0 Å². The third-order valence-electron chi connectivity index (χ3n) is 3.76. The minimum Gasteiger partial charge on any atom is -0.478 e. The van der Waals surface area contributed by atoms with E-state index >= 15 is 0 Å². The zero-order chi connectivity index (χ0) is 14.4. The van der Waals surface area contributed by atoms with Gasteiger partial charge in [-0.2, -0.15) is 0 Å². The zero-order valence-electron chi connectivity index (χ0n) is 11.3. The number of hydrogen-bond donors (Lipinski definition) is 1. The number of carbonyl (C=O) groups excluding carboxylic acids is 1. The predicted molar refractivity (Wildman–Crippen MR) is 76.4 cm³/mol. The van der Waals surface area contributed by atoms with Crippen molar-refractivity contribution in [1.29, 1.82) is 0 Å². The van der Waals surface area contributed by atoms with Gasteiger partial charge >= 0.3 is 5.97 Å². The molecule has 0 saturated carbocycles. The Morgan fingerprint density at radius 3 is 2.25 bits per heavy atom. The molecule has 3 rings (SSSR count). The lowest BCUT2D eigenvalue weighted by Crippen LogP contribution is -2.11. The first-order chi connectivity index (χ1) is 9.52. The van der Waals surface area contributed by atoms with Gasteiger partial charge in [0.15, 0.2) is 5.78 Å². The Morgan fingerprint density at radius 1 is 1.00 bits per heavy atom. The van der Waals surface area contributed by atoms with Gasteiger partial charge in [-0.3, -0.25) is 4.79 Å². The van der Waals surface area contributed by atoms with E-state index in [9.17, 15) is 14.7 Å². The molecule has 2 aromatic rings. The van der Waals surface area contributed by atoms with Gasteiger partial charge in [-0.1, -0.05) is 50.2 Å². The van der Waals surface area contributed by atoms with Gasteiger partial charge in [0.25, 0.3) is 0 Å². The lowest BCUT2D eigenvalue weighted by molar-refractivity contribution is 0.0691. The van der Waals surface area contributed by atoms with Gasteiger partial charge in [-0.05, 0) is 22.6 Å². The van der Waals surface area contributed by atoms with Crippen LogP contribution in [0.1, 0.15) is 51.6 Å². The molecule has 0 aromatic heterocycles. The Kier molecular flexibility index (Phi) is 2.71. The summed E-state index contributed by atoms with van der Waals surface area (Å²) < 4.78 is 0. The van der Waals surface area contributed by atoms with Crippen molar-refractivity contribution in [2.75, 3.05) is 0 Å². The van der Waals surface area contributed by atoms with Crippen LogP contribution in [0.15, 0.2) is 36.4 Å². The van der Waals surface area contributed by atoms with Crippen LogP contribution in [0.3, 0.4) is 0 Å².